The van der Waals surface area contributed by atoms with Gasteiger partial charge in [0.1, 0.15) is 0 Å². The van der Waals surface area contributed by atoms with Crippen LogP contribution in [0.4, 0.5) is 8.78 Å². The zero-order valence-corrected chi connectivity index (χ0v) is 12.5. The van der Waals surface area contributed by atoms with Crippen molar-refractivity contribution in [3.05, 3.63) is 0 Å². The molecule has 118 valence electrons. The second-order valence-electron chi connectivity index (χ2n) is 6.47. The first-order chi connectivity index (χ1) is 9.52. The summed E-state index contributed by atoms with van der Waals surface area (Å²) in [5, 5.41) is 10.6. The highest BCUT2D eigenvalue weighted by Crippen LogP contribution is 2.29. The molecular weight excluding hydrogens is 262 g/mol. The van der Waals surface area contributed by atoms with Crippen molar-refractivity contribution in [3.8, 4) is 0 Å². The predicted molar refractivity (Wildman–Crippen MR) is 76.1 cm³/mol. The lowest BCUT2D eigenvalue weighted by Gasteiger charge is -2.44. The van der Waals surface area contributed by atoms with Gasteiger partial charge in [-0.15, -0.1) is 0 Å². The quantitative estimate of drug-likeness (QED) is 0.842. The summed E-state index contributed by atoms with van der Waals surface area (Å²) in [4.78, 5) is 4.19. The Labute approximate surface area is 120 Å². The van der Waals surface area contributed by atoms with E-state index in [1.165, 1.54) is 6.42 Å². The van der Waals surface area contributed by atoms with Crippen molar-refractivity contribution in [1.82, 2.24) is 9.80 Å². The van der Waals surface area contributed by atoms with E-state index < -0.39 is 12.0 Å². The molecule has 0 bridgehead atoms. The van der Waals surface area contributed by atoms with Crippen LogP contribution < -0.4 is 0 Å². The minimum absolute atomic E-state index is 0.114. The molecule has 5 heteroatoms. The highest BCUT2D eigenvalue weighted by molar-refractivity contribution is 4.89. The zero-order valence-electron chi connectivity index (χ0n) is 12.5. The third kappa shape index (κ3) is 4.37. The van der Waals surface area contributed by atoms with Gasteiger partial charge in [0.25, 0.3) is 6.43 Å². The van der Waals surface area contributed by atoms with Crippen molar-refractivity contribution >= 4 is 0 Å². The number of alkyl halides is 2. The van der Waals surface area contributed by atoms with Gasteiger partial charge in [-0.2, -0.15) is 0 Å². The van der Waals surface area contributed by atoms with E-state index in [0.717, 1.165) is 45.2 Å². The molecule has 0 spiro atoms. The van der Waals surface area contributed by atoms with Crippen molar-refractivity contribution < 1.29 is 13.9 Å². The van der Waals surface area contributed by atoms with E-state index in [1.807, 2.05) is 4.90 Å². The van der Waals surface area contributed by atoms with Crippen molar-refractivity contribution in [2.45, 2.75) is 63.5 Å². The summed E-state index contributed by atoms with van der Waals surface area (Å²) >= 11 is 0. The molecule has 1 atom stereocenters. The van der Waals surface area contributed by atoms with E-state index in [1.54, 1.807) is 0 Å². The van der Waals surface area contributed by atoms with Crippen LogP contribution in [0.5, 0.6) is 0 Å². The van der Waals surface area contributed by atoms with Gasteiger partial charge >= 0.3 is 0 Å². The Morgan fingerprint density at radius 1 is 1.20 bits per heavy atom. The molecule has 0 aromatic rings. The van der Waals surface area contributed by atoms with Crippen LogP contribution in [0.1, 0.15) is 45.4 Å². The van der Waals surface area contributed by atoms with E-state index in [2.05, 4.69) is 11.8 Å². The SMILES string of the molecule is CCC1CN(CC2(O)CCCCC2)CCN1CC(F)F. The summed E-state index contributed by atoms with van der Waals surface area (Å²) in [5.41, 5.74) is -0.540. The predicted octanol–water partition coefficient (Wildman–Crippen LogP) is 2.34. The summed E-state index contributed by atoms with van der Waals surface area (Å²) in [6, 6.07) is 0.199. The smallest absolute Gasteiger partial charge is 0.251 e. The van der Waals surface area contributed by atoms with Gasteiger partial charge in [0.2, 0.25) is 0 Å². The van der Waals surface area contributed by atoms with Crippen LogP contribution in [-0.2, 0) is 0 Å². The molecule has 1 heterocycles. The van der Waals surface area contributed by atoms with E-state index in [9.17, 15) is 13.9 Å². The Bertz CT molecular complexity index is 296. The molecule has 0 amide bonds. The van der Waals surface area contributed by atoms with Gasteiger partial charge < -0.3 is 5.11 Å². The molecule has 20 heavy (non-hydrogen) atoms. The maximum Gasteiger partial charge on any atom is 0.251 e. The fourth-order valence-electron chi connectivity index (χ4n) is 3.69. The largest absolute Gasteiger partial charge is 0.389 e. The minimum Gasteiger partial charge on any atom is -0.389 e. The summed E-state index contributed by atoms with van der Waals surface area (Å²) in [5.74, 6) is 0. The van der Waals surface area contributed by atoms with Crippen LogP contribution in [0, 0.1) is 0 Å². The van der Waals surface area contributed by atoms with Crippen LogP contribution in [0.2, 0.25) is 0 Å². The van der Waals surface area contributed by atoms with Crippen molar-refractivity contribution in [3.63, 3.8) is 0 Å². The number of nitrogens with zero attached hydrogens (tertiary/aromatic N) is 2. The van der Waals surface area contributed by atoms with Crippen LogP contribution >= 0.6 is 0 Å². The fraction of sp³-hybridized carbons (Fsp3) is 1.00. The summed E-state index contributed by atoms with van der Waals surface area (Å²) in [6.07, 6.45) is 3.86. The minimum atomic E-state index is -2.25. The third-order valence-electron chi connectivity index (χ3n) is 4.83. The molecule has 1 N–H and O–H groups in total. The Hall–Kier alpha value is -0.260. The van der Waals surface area contributed by atoms with Crippen molar-refractivity contribution in [1.29, 1.82) is 0 Å². The van der Waals surface area contributed by atoms with Crippen molar-refractivity contribution in [2.24, 2.45) is 0 Å². The van der Waals surface area contributed by atoms with Crippen LogP contribution in [-0.4, -0.2) is 65.7 Å². The standard InChI is InChI=1S/C15H28F2N2O/c1-2-13-10-18(8-9-19(13)11-14(16)17)12-15(20)6-4-3-5-7-15/h13-14,20H,2-12H2,1H3. The second-order valence-corrected chi connectivity index (χ2v) is 6.47. The van der Waals surface area contributed by atoms with Crippen LogP contribution in [0.15, 0.2) is 0 Å². The summed E-state index contributed by atoms with van der Waals surface area (Å²) < 4.78 is 25.1. The van der Waals surface area contributed by atoms with E-state index in [0.29, 0.717) is 13.1 Å². The lowest BCUT2D eigenvalue weighted by Crippen LogP contribution is -2.57. The highest BCUT2D eigenvalue weighted by atomic mass is 19.3. The molecule has 1 saturated heterocycles. The Balaban J connectivity index is 1.86. The number of hydrogen-bond donors (Lipinski definition) is 1. The Morgan fingerprint density at radius 2 is 1.90 bits per heavy atom. The number of rotatable bonds is 5. The van der Waals surface area contributed by atoms with Gasteiger partial charge in [0.15, 0.2) is 0 Å². The first-order valence-corrected chi connectivity index (χ1v) is 7.99. The molecule has 1 saturated carbocycles. The number of halogens is 2. The molecule has 0 radical (unpaired) electrons. The molecule has 1 aliphatic carbocycles. The highest BCUT2D eigenvalue weighted by Gasteiger charge is 2.34. The monoisotopic (exact) mass is 290 g/mol. The fourth-order valence-corrected chi connectivity index (χ4v) is 3.69. The van der Waals surface area contributed by atoms with E-state index >= 15 is 0 Å². The zero-order chi connectivity index (χ0) is 14.6. The molecule has 2 rings (SSSR count). The number of hydrogen-bond acceptors (Lipinski definition) is 3. The maximum atomic E-state index is 12.6. The molecule has 1 unspecified atom stereocenters. The summed E-state index contributed by atoms with van der Waals surface area (Å²) in [6.45, 7) is 4.96. The van der Waals surface area contributed by atoms with E-state index in [4.69, 9.17) is 0 Å². The molecule has 0 aromatic heterocycles. The third-order valence-corrected chi connectivity index (χ3v) is 4.83. The molecule has 3 nitrogen and oxygen atoms in total. The van der Waals surface area contributed by atoms with Gasteiger partial charge in [0.05, 0.1) is 12.1 Å². The lowest BCUT2D eigenvalue weighted by atomic mass is 9.84. The molecular formula is C15H28F2N2O. The van der Waals surface area contributed by atoms with Crippen LogP contribution in [0.3, 0.4) is 0 Å². The van der Waals surface area contributed by atoms with E-state index in [-0.39, 0.29) is 12.6 Å². The van der Waals surface area contributed by atoms with Gasteiger partial charge in [-0.05, 0) is 19.3 Å². The van der Waals surface area contributed by atoms with Crippen molar-refractivity contribution in [2.75, 3.05) is 32.7 Å². The topological polar surface area (TPSA) is 26.7 Å². The van der Waals surface area contributed by atoms with Gasteiger partial charge in [-0.25, -0.2) is 8.78 Å². The number of piperazine rings is 1. The molecule has 2 aliphatic rings. The van der Waals surface area contributed by atoms with Gasteiger partial charge in [-0.1, -0.05) is 26.2 Å². The Morgan fingerprint density at radius 3 is 2.50 bits per heavy atom. The average Bonchev–Trinajstić information content (AvgIpc) is 2.40. The molecule has 1 aliphatic heterocycles. The van der Waals surface area contributed by atoms with Crippen LogP contribution in [0.25, 0.3) is 0 Å². The second kappa shape index (κ2) is 7.14. The summed E-state index contributed by atoms with van der Waals surface area (Å²) in [7, 11) is 0. The first kappa shape index (κ1) is 16.1. The van der Waals surface area contributed by atoms with Gasteiger partial charge in [-0.3, -0.25) is 9.80 Å². The normalized spacial score (nSPS) is 28.9. The average molecular weight is 290 g/mol. The maximum absolute atomic E-state index is 12.6. The number of β-amino-alcohol motifs (C(OH)–C–C–N with tert-alkyl or cyclic N) is 1. The first-order valence-electron chi connectivity index (χ1n) is 7.99. The number of aliphatic hydroxyl groups is 1. The molecule has 0 aromatic carbocycles. The lowest BCUT2D eigenvalue weighted by molar-refractivity contribution is -0.0501. The molecule has 2 fully saturated rings. The Kier molecular flexibility index (Phi) is 5.75. The van der Waals surface area contributed by atoms with Gasteiger partial charge in [0, 0.05) is 32.2 Å².